The van der Waals surface area contributed by atoms with E-state index in [0.717, 1.165) is 52.1 Å². The van der Waals surface area contributed by atoms with Gasteiger partial charge in [-0.2, -0.15) is 5.26 Å². The van der Waals surface area contributed by atoms with Crippen molar-refractivity contribution >= 4 is 50.5 Å². The maximum absolute atomic E-state index is 13.6. The number of ether oxygens (including phenoxy) is 2. The standard InChI is InChI=1S/C30H26BrN3O3S/c1-36-26-15-22(25(31)17-27(26)37-19-21-10-6-5-9-20(21)18-32)16-28-29(35)34(24-13-7-8-14-24)30(38-28)33-23-11-3-2-4-12-23/h2-6,9-12,15-17,24H,7-8,13-14,19H2,1H3. The molecular weight excluding hydrogens is 562 g/mol. The van der Waals surface area contributed by atoms with Gasteiger partial charge in [-0.1, -0.05) is 65.2 Å². The van der Waals surface area contributed by atoms with Crippen molar-refractivity contribution in [2.75, 3.05) is 7.11 Å². The molecule has 1 amide bonds. The summed E-state index contributed by atoms with van der Waals surface area (Å²) in [4.78, 5) is 20.9. The fraction of sp³-hybridized carbons (Fsp3) is 0.233. The molecule has 2 aliphatic rings. The molecule has 8 heteroatoms. The van der Waals surface area contributed by atoms with Crippen LogP contribution < -0.4 is 9.47 Å². The van der Waals surface area contributed by atoms with Gasteiger partial charge in [-0.3, -0.25) is 9.69 Å². The van der Waals surface area contributed by atoms with E-state index in [0.29, 0.717) is 22.0 Å². The molecule has 1 saturated carbocycles. The van der Waals surface area contributed by atoms with Crippen molar-refractivity contribution in [3.8, 4) is 17.6 Å². The first-order chi connectivity index (χ1) is 18.6. The number of nitrogens with zero attached hydrogens (tertiary/aromatic N) is 3. The Morgan fingerprint density at radius 3 is 2.58 bits per heavy atom. The second-order valence-corrected chi connectivity index (χ2v) is 10.9. The van der Waals surface area contributed by atoms with Crippen LogP contribution in [0, 0.1) is 11.3 Å². The Kier molecular flexibility index (Phi) is 8.16. The second kappa shape index (κ2) is 11.9. The molecule has 0 radical (unpaired) electrons. The normalized spacial score (nSPS) is 17.8. The molecule has 0 unspecified atom stereocenters. The number of carbonyl (C=O) groups is 1. The van der Waals surface area contributed by atoms with Crippen LogP contribution in [0.3, 0.4) is 0 Å². The number of benzene rings is 3. The number of methoxy groups -OCH3 is 1. The van der Waals surface area contributed by atoms with Gasteiger partial charge in [0.15, 0.2) is 16.7 Å². The van der Waals surface area contributed by atoms with Gasteiger partial charge < -0.3 is 9.47 Å². The number of hydrogen-bond donors (Lipinski definition) is 0. The first-order valence-electron chi connectivity index (χ1n) is 12.4. The summed E-state index contributed by atoms with van der Waals surface area (Å²) in [6.45, 7) is 0.233. The molecule has 192 valence electrons. The summed E-state index contributed by atoms with van der Waals surface area (Å²) >= 11 is 5.05. The number of rotatable bonds is 7. The summed E-state index contributed by atoms with van der Waals surface area (Å²) in [6.07, 6.45) is 6.11. The van der Waals surface area contributed by atoms with E-state index in [1.807, 2.05) is 71.6 Å². The summed E-state index contributed by atoms with van der Waals surface area (Å²) in [5.41, 5.74) is 3.00. The van der Waals surface area contributed by atoms with Crippen molar-refractivity contribution in [1.82, 2.24) is 4.90 Å². The Labute approximate surface area is 235 Å². The van der Waals surface area contributed by atoms with Gasteiger partial charge >= 0.3 is 0 Å². The third-order valence-electron chi connectivity index (χ3n) is 6.60. The summed E-state index contributed by atoms with van der Waals surface area (Å²) in [6, 6.07) is 23.1. The number of amides is 1. The highest BCUT2D eigenvalue weighted by Crippen LogP contribution is 2.41. The van der Waals surface area contributed by atoms with E-state index in [4.69, 9.17) is 14.5 Å². The van der Waals surface area contributed by atoms with E-state index in [1.54, 1.807) is 13.2 Å². The predicted octanol–water partition coefficient (Wildman–Crippen LogP) is 7.45. The van der Waals surface area contributed by atoms with Crippen LogP contribution in [0.1, 0.15) is 42.4 Å². The monoisotopic (exact) mass is 587 g/mol. The topological polar surface area (TPSA) is 74.9 Å². The third-order valence-corrected chi connectivity index (χ3v) is 8.27. The largest absolute Gasteiger partial charge is 0.493 e. The van der Waals surface area contributed by atoms with Gasteiger partial charge in [-0.15, -0.1) is 0 Å². The van der Waals surface area contributed by atoms with Gasteiger partial charge in [0.05, 0.1) is 29.3 Å². The number of amidine groups is 1. The number of para-hydroxylation sites is 1. The number of carbonyl (C=O) groups excluding carboxylic acids is 1. The molecule has 2 fully saturated rings. The maximum Gasteiger partial charge on any atom is 0.267 e. The van der Waals surface area contributed by atoms with Crippen LogP contribution in [0.5, 0.6) is 11.5 Å². The Hall–Kier alpha value is -3.54. The first kappa shape index (κ1) is 26.1. The molecule has 0 bridgehead atoms. The molecule has 1 saturated heterocycles. The van der Waals surface area contributed by atoms with Crippen molar-refractivity contribution < 1.29 is 14.3 Å². The number of hydrogen-bond acceptors (Lipinski definition) is 6. The molecular formula is C30H26BrN3O3S. The minimum atomic E-state index is -0.0177. The lowest BCUT2D eigenvalue weighted by atomic mass is 10.1. The summed E-state index contributed by atoms with van der Waals surface area (Å²) < 4.78 is 12.4. The zero-order chi connectivity index (χ0) is 26.5. The molecule has 6 nitrogen and oxygen atoms in total. The summed E-state index contributed by atoms with van der Waals surface area (Å²) in [5.74, 6) is 1.06. The maximum atomic E-state index is 13.6. The van der Waals surface area contributed by atoms with Crippen LogP contribution in [0.4, 0.5) is 5.69 Å². The quantitative estimate of drug-likeness (QED) is 0.268. The van der Waals surface area contributed by atoms with Crippen LogP contribution in [0.15, 0.2) is 81.1 Å². The number of aliphatic imine (C=N–C) groups is 1. The Morgan fingerprint density at radius 2 is 1.84 bits per heavy atom. The molecule has 0 aromatic heterocycles. The zero-order valence-electron chi connectivity index (χ0n) is 20.9. The lowest BCUT2D eigenvalue weighted by molar-refractivity contribution is -0.123. The van der Waals surface area contributed by atoms with Crippen LogP contribution >= 0.6 is 27.7 Å². The highest BCUT2D eigenvalue weighted by molar-refractivity contribution is 9.10. The Morgan fingerprint density at radius 1 is 1.11 bits per heavy atom. The summed E-state index contributed by atoms with van der Waals surface area (Å²) in [7, 11) is 1.58. The molecule has 3 aromatic carbocycles. The average molecular weight is 589 g/mol. The molecule has 5 rings (SSSR count). The van der Waals surface area contributed by atoms with Crippen LogP contribution in [-0.4, -0.2) is 29.1 Å². The predicted molar refractivity (Wildman–Crippen MR) is 154 cm³/mol. The SMILES string of the molecule is COc1cc(C=C2SC(=Nc3ccccc3)N(C3CCCC3)C2=O)c(Br)cc1OCc1ccccc1C#N. The molecule has 38 heavy (non-hydrogen) atoms. The highest BCUT2D eigenvalue weighted by atomic mass is 79.9. The fourth-order valence-electron chi connectivity index (χ4n) is 4.65. The smallest absolute Gasteiger partial charge is 0.267 e. The molecule has 1 heterocycles. The van der Waals surface area contributed by atoms with Crippen LogP contribution in [0.25, 0.3) is 6.08 Å². The van der Waals surface area contributed by atoms with Gasteiger partial charge in [0.2, 0.25) is 0 Å². The number of halogens is 1. The van der Waals surface area contributed by atoms with Crippen molar-refractivity contribution in [2.24, 2.45) is 4.99 Å². The van der Waals surface area contributed by atoms with Crippen molar-refractivity contribution in [3.05, 3.63) is 92.8 Å². The zero-order valence-corrected chi connectivity index (χ0v) is 23.3. The first-order valence-corrected chi connectivity index (χ1v) is 14.0. The van der Waals surface area contributed by atoms with Crippen molar-refractivity contribution in [1.29, 1.82) is 5.26 Å². The van der Waals surface area contributed by atoms with E-state index in [9.17, 15) is 10.1 Å². The van der Waals surface area contributed by atoms with E-state index in [2.05, 4.69) is 22.0 Å². The van der Waals surface area contributed by atoms with Crippen LogP contribution in [0.2, 0.25) is 0 Å². The molecule has 1 aliphatic heterocycles. The molecule has 0 N–H and O–H groups in total. The molecule has 3 aromatic rings. The molecule has 0 spiro atoms. The van der Waals surface area contributed by atoms with Crippen molar-refractivity contribution in [3.63, 3.8) is 0 Å². The van der Waals surface area contributed by atoms with Crippen LogP contribution in [-0.2, 0) is 11.4 Å². The number of nitriles is 1. The highest BCUT2D eigenvalue weighted by Gasteiger charge is 2.39. The van der Waals surface area contributed by atoms with E-state index in [1.165, 1.54) is 11.8 Å². The van der Waals surface area contributed by atoms with Gasteiger partial charge in [0.1, 0.15) is 6.61 Å². The van der Waals surface area contributed by atoms with Gasteiger partial charge in [0, 0.05) is 16.1 Å². The number of thioether (sulfide) groups is 1. The minimum absolute atomic E-state index is 0.0177. The molecule has 0 atom stereocenters. The minimum Gasteiger partial charge on any atom is -0.493 e. The molecule has 1 aliphatic carbocycles. The lowest BCUT2D eigenvalue weighted by Crippen LogP contribution is -2.37. The second-order valence-electron chi connectivity index (χ2n) is 9.04. The van der Waals surface area contributed by atoms with E-state index < -0.39 is 0 Å². The fourth-order valence-corrected chi connectivity index (χ4v) is 6.13. The lowest BCUT2D eigenvalue weighted by Gasteiger charge is -2.22. The van der Waals surface area contributed by atoms with Gasteiger partial charge in [0.25, 0.3) is 5.91 Å². The van der Waals surface area contributed by atoms with Gasteiger partial charge in [-0.25, -0.2) is 4.99 Å². The Bertz CT molecular complexity index is 1440. The average Bonchev–Trinajstić information content (AvgIpc) is 3.57. The van der Waals surface area contributed by atoms with Gasteiger partial charge in [-0.05, 0) is 66.6 Å². The summed E-state index contributed by atoms with van der Waals surface area (Å²) in [5, 5.41) is 10.1. The Balaban J connectivity index is 1.43. The van der Waals surface area contributed by atoms with E-state index in [-0.39, 0.29) is 18.6 Å². The van der Waals surface area contributed by atoms with E-state index >= 15 is 0 Å². The third kappa shape index (κ3) is 5.64. The van der Waals surface area contributed by atoms with Crippen molar-refractivity contribution in [2.45, 2.75) is 38.3 Å².